The minimum absolute atomic E-state index is 0.131. The van der Waals surface area contributed by atoms with Crippen LogP contribution in [0.5, 0.6) is 5.75 Å². The van der Waals surface area contributed by atoms with E-state index < -0.39 is 0 Å². The molecule has 0 fully saturated rings. The molecule has 0 aromatic heterocycles. The van der Waals surface area contributed by atoms with Crippen molar-refractivity contribution < 1.29 is 19.1 Å². The second-order valence-corrected chi connectivity index (χ2v) is 5.15. The molecule has 2 amide bonds. The Morgan fingerprint density at radius 3 is 2.25 bits per heavy atom. The number of ether oxygens (including phenoxy) is 1. The first-order valence-corrected chi connectivity index (χ1v) is 7.36. The molecule has 6 heteroatoms. The number of hydrogen-bond acceptors (Lipinski definition) is 4. The lowest BCUT2D eigenvalue weighted by molar-refractivity contribution is -0.118. The van der Waals surface area contributed by atoms with E-state index in [1.54, 1.807) is 48.5 Å². The summed E-state index contributed by atoms with van der Waals surface area (Å²) in [6, 6.07) is 13.5. The maximum absolute atomic E-state index is 12.0. The minimum atomic E-state index is -0.367. The number of carbonyl (C=O) groups is 3. The Kier molecular flexibility index (Phi) is 5.68. The van der Waals surface area contributed by atoms with E-state index in [2.05, 4.69) is 10.6 Å². The van der Waals surface area contributed by atoms with Gasteiger partial charge < -0.3 is 15.4 Å². The zero-order chi connectivity index (χ0) is 17.5. The fraction of sp³-hybridized carbons (Fsp3) is 0.167. The van der Waals surface area contributed by atoms with E-state index >= 15 is 0 Å². The second-order valence-electron chi connectivity index (χ2n) is 5.15. The van der Waals surface area contributed by atoms with Gasteiger partial charge in [-0.3, -0.25) is 14.4 Å². The van der Waals surface area contributed by atoms with Crippen LogP contribution < -0.4 is 15.4 Å². The fourth-order valence-corrected chi connectivity index (χ4v) is 2.10. The Labute approximate surface area is 139 Å². The fourth-order valence-electron chi connectivity index (χ4n) is 2.10. The van der Waals surface area contributed by atoms with Gasteiger partial charge in [0.2, 0.25) is 5.91 Å². The quantitative estimate of drug-likeness (QED) is 0.799. The van der Waals surface area contributed by atoms with Gasteiger partial charge in [-0.05, 0) is 37.3 Å². The molecule has 2 rings (SSSR count). The van der Waals surface area contributed by atoms with Gasteiger partial charge in [0.25, 0.3) is 5.91 Å². The molecule has 0 radical (unpaired) electrons. The number of Topliss-reactive ketones (excluding diaryl/α,β-unsaturated/α-hetero) is 1. The minimum Gasteiger partial charge on any atom is -0.483 e. The maximum Gasteiger partial charge on any atom is 0.262 e. The van der Waals surface area contributed by atoms with Gasteiger partial charge in [0, 0.05) is 18.3 Å². The summed E-state index contributed by atoms with van der Waals surface area (Å²) in [5.41, 5.74) is 1.55. The van der Waals surface area contributed by atoms with Gasteiger partial charge in [-0.1, -0.05) is 18.2 Å². The summed E-state index contributed by atoms with van der Waals surface area (Å²) in [4.78, 5) is 34.6. The monoisotopic (exact) mass is 326 g/mol. The molecule has 0 atom stereocenters. The second kappa shape index (κ2) is 7.92. The van der Waals surface area contributed by atoms with Gasteiger partial charge in [0.1, 0.15) is 5.75 Å². The lowest BCUT2D eigenvalue weighted by Gasteiger charge is -2.11. The summed E-state index contributed by atoms with van der Waals surface area (Å²) in [5, 5.41) is 5.31. The molecular formula is C18H18N2O4. The van der Waals surface area contributed by atoms with Crippen LogP contribution in [0.1, 0.15) is 24.2 Å². The SMILES string of the molecule is CC(=O)Nc1cccc(NC(=O)COc2ccccc2C(C)=O)c1. The van der Waals surface area contributed by atoms with Gasteiger partial charge >= 0.3 is 0 Å². The Morgan fingerprint density at radius 1 is 0.917 bits per heavy atom. The summed E-state index contributed by atoms with van der Waals surface area (Å²) < 4.78 is 5.42. The van der Waals surface area contributed by atoms with Crippen LogP contribution in [0.4, 0.5) is 11.4 Å². The van der Waals surface area contributed by atoms with Crippen molar-refractivity contribution >= 4 is 29.0 Å². The van der Waals surface area contributed by atoms with E-state index in [1.807, 2.05) is 0 Å². The van der Waals surface area contributed by atoms with Crippen molar-refractivity contribution in [1.29, 1.82) is 0 Å². The Balaban J connectivity index is 1.97. The topological polar surface area (TPSA) is 84.5 Å². The predicted molar refractivity (Wildman–Crippen MR) is 91.3 cm³/mol. The first-order chi connectivity index (χ1) is 11.5. The normalized spacial score (nSPS) is 9.92. The van der Waals surface area contributed by atoms with Crippen molar-refractivity contribution in [3.63, 3.8) is 0 Å². The third kappa shape index (κ3) is 4.95. The van der Waals surface area contributed by atoms with Crippen molar-refractivity contribution in [1.82, 2.24) is 0 Å². The highest BCUT2D eigenvalue weighted by Crippen LogP contribution is 2.19. The number of amides is 2. The average Bonchev–Trinajstić information content (AvgIpc) is 2.53. The largest absolute Gasteiger partial charge is 0.483 e. The van der Waals surface area contributed by atoms with Crippen LogP contribution in [0.25, 0.3) is 0 Å². The summed E-state index contributed by atoms with van der Waals surface area (Å²) in [6.45, 7) is 2.62. The highest BCUT2D eigenvalue weighted by molar-refractivity contribution is 5.97. The van der Waals surface area contributed by atoms with Gasteiger partial charge in [-0.25, -0.2) is 0 Å². The molecule has 0 saturated carbocycles. The van der Waals surface area contributed by atoms with Crippen LogP contribution in [0, 0.1) is 0 Å². The van der Waals surface area contributed by atoms with Crippen LogP contribution in [0.3, 0.4) is 0 Å². The molecule has 0 spiro atoms. The van der Waals surface area contributed by atoms with Crippen LogP contribution in [0.2, 0.25) is 0 Å². The zero-order valence-electron chi connectivity index (χ0n) is 13.5. The summed E-state index contributed by atoms with van der Waals surface area (Å²) >= 11 is 0. The first-order valence-electron chi connectivity index (χ1n) is 7.36. The molecular weight excluding hydrogens is 308 g/mol. The van der Waals surface area contributed by atoms with Gasteiger partial charge in [0.05, 0.1) is 5.56 Å². The third-order valence-corrected chi connectivity index (χ3v) is 3.09. The molecule has 124 valence electrons. The summed E-state index contributed by atoms with van der Waals surface area (Å²) in [6.07, 6.45) is 0. The van der Waals surface area contributed by atoms with E-state index in [0.29, 0.717) is 22.7 Å². The molecule has 24 heavy (non-hydrogen) atoms. The van der Waals surface area contributed by atoms with Crippen LogP contribution >= 0.6 is 0 Å². The number of benzene rings is 2. The van der Waals surface area contributed by atoms with Crippen molar-refractivity contribution in [3.8, 4) is 5.75 Å². The number of ketones is 1. The molecule has 0 saturated heterocycles. The van der Waals surface area contributed by atoms with Crippen molar-refractivity contribution in [2.24, 2.45) is 0 Å². The molecule has 2 aromatic rings. The van der Waals surface area contributed by atoms with E-state index in [-0.39, 0.29) is 24.2 Å². The molecule has 0 aliphatic rings. The highest BCUT2D eigenvalue weighted by atomic mass is 16.5. The lowest BCUT2D eigenvalue weighted by atomic mass is 10.1. The molecule has 2 aromatic carbocycles. The van der Waals surface area contributed by atoms with Gasteiger partial charge in [0.15, 0.2) is 12.4 Å². The zero-order valence-corrected chi connectivity index (χ0v) is 13.5. The molecule has 0 aliphatic heterocycles. The van der Waals surface area contributed by atoms with Crippen molar-refractivity contribution in [3.05, 3.63) is 54.1 Å². The summed E-state index contributed by atoms with van der Waals surface area (Å²) in [7, 11) is 0. The number of para-hydroxylation sites is 1. The smallest absolute Gasteiger partial charge is 0.262 e. The Hall–Kier alpha value is -3.15. The standard InChI is InChI=1S/C18H18N2O4/c1-12(21)16-8-3-4-9-17(16)24-11-18(23)20-15-7-5-6-14(10-15)19-13(2)22/h3-10H,11H2,1-2H3,(H,19,22)(H,20,23). The van der Waals surface area contributed by atoms with Gasteiger partial charge in [-0.2, -0.15) is 0 Å². The molecule has 0 bridgehead atoms. The van der Waals surface area contributed by atoms with E-state index in [9.17, 15) is 14.4 Å². The Bertz CT molecular complexity index is 771. The molecule has 0 heterocycles. The number of carbonyl (C=O) groups excluding carboxylic acids is 3. The number of anilines is 2. The van der Waals surface area contributed by atoms with Gasteiger partial charge in [-0.15, -0.1) is 0 Å². The molecule has 0 aliphatic carbocycles. The van der Waals surface area contributed by atoms with Crippen LogP contribution in [0.15, 0.2) is 48.5 Å². The maximum atomic E-state index is 12.0. The average molecular weight is 326 g/mol. The van der Waals surface area contributed by atoms with E-state index in [1.165, 1.54) is 13.8 Å². The lowest BCUT2D eigenvalue weighted by Crippen LogP contribution is -2.20. The molecule has 6 nitrogen and oxygen atoms in total. The molecule has 2 N–H and O–H groups in total. The van der Waals surface area contributed by atoms with Crippen molar-refractivity contribution in [2.75, 3.05) is 17.2 Å². The van der Waals surface area contributed by atoms with E-state index in [0.717, 1.165) is 0 Å². The first kappa shape index (κ1) is 17.2. The summed E-state index contributed by atoms with van der Waals surface area (Å²) in [5.74, 6) is -0.322. The Morgan fingerprint density at radius 2 is 1.58 bits per heavy atom. The van der Waals surface area contributed by atoms with Crippen LogP contribution in [-0.4, -0.2) is 24.2 Å². The van der Waals surface area contributed by atoms with Crippen LogP contribution in [-0.2, 0) is 9.59 Å². The number of rotatable bonds is 6. The van der Waals surface area contributed by atoms with Crippen molar-refractivity contribution in [2.45, 2.75) is 13.8 Å². The number of nitrogens with one attached hydrogen (secondary N) is 2. The van der Waals surface area contributed by atoms with E-state index in [4.69, 9.17) is 4.74 Å². The third-order valence-electron chi connectivity index (χ3n) is 3.09. The number of hydrogen-bond donors (Lipinski definition) is 2. The predicted octanol–water partition coefficient (Wildman–Crippen LogP) is 2.87. The highest BCUT2D eigenvalue weighted by Gasteiger charge is 2.10. The molecule has 0 unspecified atom stereocenters.